The van der Waals surface area contributed by atoms with E-state index in [0.717, 1.165) is 6.26 Å². The zero-order valence-electron chi connectivity index (χ0n) is 7.79. The van der Waals surface area contributed by atoms with E-state index in [2.05, 4.69) is 9.88 Å². The van der Waals surface area contributed by atoms with Gasteiger partial charge in [0.15, 0.2) is 5.76 Å². The van der Waals surface area contributed by atoms with Crippen molar-refractivity contribution in [3.63, 3.8) is 0 Å². The van der Waals surface area contributed by atoms with Gasteiger partial charge in [-0.25, -0.2) is 8.42 Å². The lowest BCUT2D eigenvalue weighted by molar-refractivity contribution is 0.383. The highest BCUT2D eigenvalue weighted by atomic mass is 32.2. The van der Waals surface area contributed by atoms with Gasteiger partial charge in [-0.1, -0.05) is 12.1 Å². The summed E-state index contributed by atoms with van der Waals surface area (Å²) >= 11 is 0. The van der Waals surface area contributed by atoms with Crippen LogP contribution >= 0.6 is 0 Å². The molecule has 0 aliphatic heterocycles. The molecule has 0 aliphatic rings. The van der Waals surface area contributed by atoms with Gasteiger partial charge in [-0.15, -0.1) is 0 Å². The summed E-state index contributed by atoms with van der Waals surface area (Å²) in [5.41, 5.74) is 1.02. The molecule has 0 radical (unpaired) electrons. The number of aromatic nitrogens is 1. The van der Waals surface area contributed by atoms with Crippen LogP contribution in [0, 0.1) is 6.92 Å². The van der Waals surface area contributed by atoms with Crippen LogP contribution in [0.2, 0.25) is 0 Å². The predicted octanol–water partition coefficient (Wildman–Crippen LogP) is 0.917. The molecule has 1 rings (SSSR count). The zero-order chi connectivity index (χ0) is 10.1. The Bertz CT molecular complexity index is 394. The Morgan fingerprint density at radius 3 is 2.62 bits per heavy atom. The van der Waals surface area contributed by atoms with Crippen LogP contribution in [-0.4, -0.2) is 19.8 Å². The minimum Gasteiger partial charge on any atom is -0.359 e. The van der Waals surface area contributed by atoms with Gasteiger partial charge in [-0.3, -0.25) is 4.72 Å². The van der Waals surface area contributed by atoms with Crippen molar-refractivity contribution in [2.75, 3.05) is 11.0 Å². The third-order valence-corrected chi connectivity index (χ3v) is 2.12. The number of nitrogens with zero attached hydrogens (tertiary/aromatic N) is 1. The van der Waals surface area contributed by atoms with Crippen LogP contribution in [0.3, 0.4) is 0 Å². The molecule has 0 saturated heterocycles. The summed E-state index contributed by atoms with van der Waals surface area (Å²) < 4.78 is 29.2. The molecule has 1 heterocycles. The summed E-state index contributed by atoms with van der Waals surface area (Å²) in [4.78, 5) is 0. The van der Waals surface area contributed by atoms with Crippen molar-refractivity contribution in [1.82, 2.24) is 5.16 Å². The van der Waals surface area contributed by atoms with Gasteiger partial charge in [-0.2, -0.15) is 0 Å². The van der Waals surface area contributed by atoms with E-state index in [1.165, 1.54) is 0 Å². The molecule has 0 fully saturated rings. The van der Waals surface area contributed by atoms with Gasteiger partial charge in [0.25, 0.3) is 0 Å². The Morgan fingerprint density at radius 2 is 2.15 bits per heavy atom. The smallest absolute Gasteiger partial charge is 0.229 e. The number of hydrogen-bond acceptors (Lipinski definition) is 4. The zero-order valence-corrected chi connectivity index (χ0v) is 8.60. The lowest BCUT2D eigenvalue weighted by Gasteiger charge is -2.01. The highest BCUT2D eigenvalue weighted by Crippen LogP contribution is 2.21. The first-order valence-electron chi connectivity index (χ1n) is 3.87. The number of aryl methyl sites for hydroxylation is 2. The molecule has 0 saturated carbocycles. The van der Waals surface area contributed by atoms with E-state index in [9.17, 15) is 8.42 Å². The Labute approximate surface area is 77.2 Å². The van der Waals surface area contributed by atoms with Gasteiger partial charge >= 0.3 is 0 Å². The Hall–Kier alpha value is -1.04. The van der Waals surface area contributed by atoms with Crippen molar-refractivity contribution < 1.29 is 12.9 Å². The average Bonchev–Trinajstić information content (AvgIpc) is 2.30. The van der Waals surface area contributed by atoms with Crippen molar-refractivity contribution in [2.24, 2.45) is 0 Å². The second-order valence-electron chi connectivity index (χ2n) is 2.79. The van der Waals surface area contributed by atoms with Gasteiger partial charge in [0, 0.05) is 6.42 Å². The molecule has 0 aliphatic carbocycles. The molecule has 5 nitrogen and oxygen atoms in total. The second-order valence-corrected chi connectivity index (χ2v) is 4.54. The van der Waals surface area contributed by atoms with Crippen LogP contribution in [0.1, 0.15) is 18.4 Å². The summed E-state index contributed by atoms with van der Waals surface area (Å²) in [6.07, 6.45) is 1.71. The summed E-state index contributed by atoms with van der Waals surface area (Å²) in [5, 5.41) is 3.67. The molecule has 6 heteroatoms. The first-order valence-corrected chi connectivity index (χ1v) is 5.76. The summed E-state index contributed by atoms with van der Waals surface area (Å²) in [5.74, 6) is 0.558. The molecule has 0 amide bonds. The van der Waals surface area contributed by atoms with Crippen LogP contribution in [0.15, 0.2) is 4.52 Å². The fourth-order valence-electron chi connectivity index (χ4n) is 0.974. The molecular weight excluding hydrogens is 192 g/mol. The van der Waals surface area contributed by atoms with Crippen LogP contribution in [0.5, 0.6) is 0 Å². The Kier molecular flexibility index (Phi) is 2.60. The monoisotopic (exact) mass is 204 g/mol. The van der Waals surface area contributed by atoms with Crippen LogP contribution in [0.25, 0.3) is 0 Å². The van der Waals surface area contributed by atoms with Gasteiger partial charge < -0.3 is 4.52 Å². The van der Waals surface area contributed by atoms with Crippen molar-refractivity contribution in [1.29, 1.82) is 0 Å². The number of sulfonamides is 1. The summed E-state index contributed by atoms with van der Waals surface area (Å²) in [6, 6.07) is 0. The first kappa shape index (κ1) is 10.0. The SMILES string of the molecule is CCc1onc(C)c1NS(C)(=O)=O. The van der Waals surface area contributed by atoms with Crippen molar-refractivity contribution in [3.05, 3.63) is 11.5 Å². The van der Waals surface area contributed by atoms with E-state index in [4.69, 9.17) is 4.52 Å². The van der Waals surface area contributed by atoms with E-state index in [-0.39, 0.29) is 0 Å². The van der Waals surface area contributed by atoms with E-state index >= 15 is 0 Å². The van der Waals surface area contributed by atoms with Gasteiger partial charge in [-0.05, 0) is 6.92 Å². The largest absolute Gasteiger partial charge is 0.359 e. The summed E-state index contributed by atoms with van der Waals surface area (Å²) in [6.45, 7) is 3.56. The molecule has 0 atom stereocenters. The molecule has 0 spiro atoms. The Balaban J connectivity index is 3.05. The highest BCUT2D eigenvalue weighted by Gasteiger charge is 2.14. The number of hydrogen-bond donors (Lipinski definition) is 1. The molecule has 74 valence electrons. The maximum absolute atomic E-state index is 10.9. The molecule has 0 aromatic carbocycles. The molecule has 1 aromatic heterocycles. The topological polar surface area (TPSA) is 72.2 Å². The number of anilines is 1. The van der Waals surface area contributed by atoms with Crippen LogP contribution in [0.4, 0.5) is 5.69 Å². The molecule has 1 N–H and O–H groups in total. The van der Waals surface area contributed by atoms with Gasteiger partial charge in [0.2, 0.25) is 10.0 Å². The lowest BCUT2D eigenvalue weighted by Crippen LogP contribution is -2.11. The van der Waals surface area contributed by atoms with Crippen molar-refractivity contribution >= 4 is 15.7 Å². The molecular formula is C7H12N2O3S. The van der Waals surface area contributed by atoms with Crippen molar-refractivity contribution in [3.8, 4) is 0 Å². The number of rotatable bonds is 3. The fourth-order valence-corrected chi connectivity index (χ4v) is 1.61. The quantitative estimate of drug-likeness (QED) is 0.794. The predicted molar refractivity (Wildman–Crippen MR) is 49.1 cm³/mol. The fraction of sp³-hybridized carbons (Fsp3) is 0.571. The molecule has 0 bridgehead atoms. The third kappa shape index (κ3) is 2.45. The second kappa shape index (κ2) is 3.37. The molecule has 0 unspecified atom stereocenters. The minimum absolute atomic E-state index is 0.463. The minimum atomic E-state index is -3.25. The first-order chi connectivity index (χ1) is 5.94. The van der Waals surface area contributed by atoms with Crippen LogP contribution < -0.4 is 4.72 Å². The molecule has 1 aromatic rings. The lowest BCUT2D eigenvalue weighted by atomic mass is 10.3. The van der Waals surface area contributed by atoms with E-state index in [1.807, 2.05) is 6.92 Å². The van der Waals surface area contributed by atoms with Gasteiger partial charge in [0.1, 0.15) is 11.4 Å². The van der Waals surface area contributed by atoms with E-state index < -0.39 is 10.0 Å². The third-order valence-electron chi connectivity index (χ3n) is 1.54. The summed E-state index contributed by atoms with van der Waals surface area (Å²) in [7, 11) is -3.25. The van der Waals surface area contributed by atoms with Crippen LogP contribution in [-0.2, 0) is 16.4 Å². The average molecular weight is 204 g/mol. The highest BCUT2D eigenvalue weighted by molar-refractivity contribution is 7.92. The van der Waals surface area contributed by atoms with E-state index in [1.54, 1.807) is 6.92 Å². The number of nitrogens with one attached hydrogen (secondary N) is 1. The maximum Gasteiger partial charge on any atom is 0.229 e. The van der Waals surface area contributed by atoms with E-state index in [0.29, 0.717) is 23.6 Å². The van der Waals surface area contributed by atoms with Crippen molar-refractivity contribution in [2.45, 2.75) is 20.3 Å². The standard InChI is InChI=1S/C7H12N2O3S/c1-4-6-7(5(2)8-12-6)9-13(3,10)11/h9H,4H2,1-3H3. The maximum atomic E-state index is 10.9. The normalized spacial score (nSPS) is 11.6. The van der Waals surface area contributed by atoms with Gasteiger partial charge in [0.05, 0.1) is 6.26 Å². The molecule has 13 heavy (non-hydrogen) atoms. The Morgan fingerprint density at radius 1 is 1.54 bits per heavy atom.